The van der Waals surface area contributed by atoms with E-state index in [2.05, 4.69) is 104 Å². The molecular weight excluding hydrogens is 440 g/mol. The van der Waals surface area contributed by atoms with Crippen molar-refractivity contribution in [2.75, 3.05) is 0 Å². The van der Waals surface area contributed by atoms with Crippen LogP contribution in [0.2, 0.25) is 0 Å². The zero-order valence-electron chi connectivity index (χ0n) is 24.9. The van der Waals surface area contributed by atoms with Crippen molar-refractivity contribution in [1.82, 2.24) is 0 Å². The fourth-order valence-electron chi connectivity index (χ4n) is 6.50. The van der Waals surface area contributed by atoms with Crippen LogP contribution >= 0.6 is 0 Å². The van der Waals surface area contributed by atoms with Crippen LogP contribution in [0.4, 0.5) is 0 Å². The van der Waals surface area contributed by atoms with Crippen LogP contribution < -0.4 is 15.6 Å². The van der Waals surface area contributed by atoms with Crippen molar-refractivity contribution in [2.24, 2.45) is 0 Å². The lowest BCUT2D eigenvalue weighted by Crippen LogP contribution is -2.72. The normalized spacial score (nSPS) is 12.0. The van der Waals surface area contributed by atoms with Crippen molar-refractivity contribution in [2.45, 2.75) is 104 Å². The van der Waals surface area contributed by atoms with Gasteiger partial charge in [0.25, 0.3) is 8.32 Å². The van der Waals surface area contributed by atoms with Crippen LogP contribution in [0.5, 0.6) is 0 Å². The summed E-state index contributed by atoms with van der Waals surface area (Å²) in [5, 5.41) is 3.59. The zero-order valence-corrected chi connectivity index (χ0v) is 25.9. The van der Waals surface area contributed by atoms with E-state index in [1.165, 1.54) is 99.0 Å². The van der Waals surface area contributed by atoms with E-state index in [1.54, 1.807) is 0 Å². The van der Waals surface area contributed by atoms with E-state index in [0.717, 1.165) is 0 Å². The smallest absolute Gasteiger partial charge is 0.287 e. The molecule has 0 amide bonds. The van der Waals surface area contributed by atoms with E-state index in [4.69, 9.17) is 0 Å². The van der Waals surface area contributed by atoms with Gasteiger partial charge in [0.15, 0.2) is 0 Å². The van der Waals surface area contributed by atoms with Crippen molar-refractivity contribution in [3.05, 3.63) is 83.5 Å². The SMILES string of the molecule is Cc1c(C)c(C)c([Si](O)(c2c(C)c(C)c(C)c(C)c2C)c2c(C)c(C)c(C)c(C)c2C)c(C)c1C. The van der Waals surface area contributed by atoms with Gasteiger partial charge in [-0.15, -0.1) is 0 Å². The van der Waals surface area contributed by atoms with E-state index in [1.807, 2.05) is 0 Å². The molecular formula is C33H46OSi. The summed E-state index contributed by atoms with van der Waals surface area (Å²) in [5.41, 5.74) is 19.4. The van der Waals surface area contributed by atoms with Gasteiger partial charge in [-0.05, 0) is 203 Å². The molecule has 0 unspecified atom stereocenters. The Balaban J connectivity index is 2.78. The molecule has 2 heteroatoms. The number of benzene rings is 3. The van der Waals surface area contributed by atoms with Crippen LogP contribution in [0.1, 0.15) is 83.5 Å². The third-order valence-corrected chi connectivity index (χ3v) is 14.5. The first-order valence-electron chi connectivity index (χ1n) is 13.0. The van der Waals surface area contributed by atoms with E-state index in [9.17, 15) is 4.80 Å². The highest BCUT2D eigenvalue weighted by atomic mass is 28.4. The van der Waals surface area contributed by atoms with E-state index < -0.39 is 8.32 Å². The zero-order chi connectivity index (χ0) is 26.9. The molecule has 3 rings (SSSR count). The van der Waals surface area contributed by atoms with Crippen LogP contribution in [0.3, 0.4) is 0 Å². The summed E-state index contributed by atoms with van der Waals surface area (Å²) in [4.78, 5) is 13.7. The molecule has 0 saturated heterocycles. The lowest BCUT2D eigenvalue weighted by molar-refractivity contribution is 0.581. The minimum absolute atomic E-state index is 1.20. The summed E-state index contributed by atoms with van der Waals surface area (Å²) in [6, 6.07) is 0. The Morgan fingerprint density at radius 3 is 0.514 bits per heavy atom. The van der Waals surface area contributed by atoms with Crippen LogP contribution in [0.15, 0.2) is 0 Å². The Morgan fingerprint density at radius 1 is 0.257 bits per heavy atom. The van der Waals surface area contributed by atoms with Crippen molar-refractivity contribution in [1.29, 1.82) is 0 Å². The molecule has 3 aromatic carbocycles. The second kappa shape index (κ2) is 9.05. The Bertz CT molecular complexity index is 1130. The molecule has 0 aromatic heterocycles. The van der Waals surface area contributed by atoms with Crippen LogP contribution in [-0.2, 0) is 0 Å². The Morgan fingerprint density at radius 2 is 0.371 bits per heavy atom. The monoisotopic (exact) mass is 486 g/mol. The second-order valence-electron chi connectivity index (χ2n) is 11.2. The Hall–Kier alpha value is -2.16. The van der Waals surface area contributed by atoms with Gasteiger partial charge >= 0.3 is 0 Å². The first kappa shape index (κ1) is 27.4. The summed E-state index contributed by atoms with van der Waals surface area (Å²) >= 11 is 0. The molecule has 35 heavy (non-hydrogen) atoms. The summed E-state index contributed by atoms with van der Waals surface area (Å²) < 4.78 is 0. The largest absolute Gasteiger partial charge is 0.421 e. The van der Waals surface area contributed by atoms with Gasteiger partial charge in [0.1, 0.15) is 0 Å². The van der Waals surface area contributed by atoms with Gasteiger partial charge in [0, 0.05) is 0 Å². The molecule has 0 aliphatic rings. The highest BCUT2D eigenvalue weighted by Gasteiger charge is 2.47. The summed E-state index contributed by atoms with van der Waals surface area (Å²) in [6.45, 7) is 33.5. The third-order valence-electron chi connectivity index (χ3n) is 10.1. The lowest BCUT2D eigenvalue weighted by atomic mass is 9.94. The van der Waals surface area contributed by atoms with Crippen LogP contribution in [0.25, 0.3) is 0 Å². The number of hydrogen-bond acceptors (Lipinski definition) is 1. The topological polar surface area (TPSA) is 20.2 Å². The van der Waals surface area contributed by atoms with Crippen LogP contribution in [0, 0.1) is 104 Å². The van der Waals surface area contributed by atoms with Crippen LogP contribution in [-0.4, -0.2) is 13.1 Å². The van der Waals surface area contributed by atoms with Gasteiger partial charge in [0.05, 0.1) is 0 Å². The van der Waals surface area contributed by atoms with Gasteiger partial charge in [0.2, 0.25) is 0 Å². The minimum atomic E-state index is -3.40. The summed E-state index contributed by atoms with van der Waals surface area (Å²) in [6.07, 6.45) is 0. The maximum absolute atomic E-state index is 13.7. The quantitative estimate of drug-likeness (QED) is 0.342. The van der Waals surface area contributed by atoms with E-state index >= 15 is 0 Å². The van der Waals surface area contributed by atoms with Gasteiger partial charge in [-0.3, -0.25) is 0 Å². The molecule has 0 spiro atoms. The predicted molar refractivity (Wildman–Crippen MR) is 157 cm³/mol. The minimum Gasteiger partial charge on any atom is -0.421 e. The fraction of sp³-hybridized carbons (Fsp3) is 0.455. The average Bonchev–Trinajstić information content (AvgIpc) is 2.81. The molecule has 0 bridgehead atoms. The molecule has 3 aromatic rings. The summed E-state index contributed by atoms with van der Waals surface area (Å²) in [5.74, 6) is 0. The highest BCUT2D eigenvalue weighted by molar-refractivity contribution is 7.07. The molecule has 0 aliphatic heterocycles. The van der Waals surface area contributed by atoms with Gasteiger partial charge in [-0.1, -0.05) is 0 Å². The van der Waals surface area contributed by atoms with Gasteiger partial charge < -0.3 is 4.80 Å². The first-order chi connectivity index (χ1) is 16.0. The average molecular weight is 487 g/mol. The molecule has 0 saturated carbocycles. The second-order valence-corrected chi connectivity index (χ2v) is 14.1. The fourth-order valence-corrected chi connectivity index (χ4v) is 11.6. The van der Waals surface area contributed by atoms with Crippen molar-refractivity contribution >= 4 is 23.9 Å². The Kier molecular flexibility index (Phi) is 7.09. The van der Waals surface area contributed by atoms with Gasteiger partial charge in [-0.25, -0.2) is 0 Å². The third kappa shape index (κ3) is 3.67. The molecule has 0 atom stereocenters. The maximum atomic E-state index is 13.7. The maximum Gasteiger partial charge on any atom is 0.287 e. The number of rotatable bonds is 3. The Labute approximate surface area is 215 Å². The van der Waals surface area contributed by atoms with Gasteiger partial charge in [-0.2, -0.15) is 0 Å². The molecule has 0 radical (unpaired) electrons. The molecule has 1 N–H and O–H groups in total. The molecule has 0 fully saturated rings. The molecule has 0 heterocycles. The van der Waals surface area contributed by atoms with E-state index in [-0.39, 0.29) is 0 Å². The number of hydrogen-bond donors (Lipinski definition) is 1. The van der Waals surface area contributed by atoms with Crippen molar-refractivity contribution in [3.63, 3.8) is 0 Å². The van der Waals surface area contributed by atoms with E-state index in [0.29, 0.717) is 0 Å². The predicted octanol–water partition coefficient (Wildman–Crippen LogP) is 6.27. The molecule has 1 nitrogen and oxygen atoms in total. The van der Waals surface area contributed by atoms with Crippen molar-refractivity contribution in [3.8, 4) is 0 Å². The lowest BCUT2D eigenvalue weighted by Gasteiger charge is -2.38. The molecule has 188 valence electrons. The standard InChI is InChI=1S/C33H46OSi/c1-16-19(4)25(10)31(26(11)20(16)5)35(34,32-27(12)21(6)17(2)22(7)28(32)13)33-29(14)23(8)18(3)24(9)30(33)15/h34H,1-15H3. The summed E-state index contributed by atoms with van der Waals surface area (Å²) in [7, 11) is -3.40. The molecule has 0 aliphatic carbocycles. The van der Waals surface area contributed by atoms with Crippen molar-refractivity contribution < 1.29 is 4.80 Å². The highest BCUT2D eigenvalue weighted by Crippen LogP contribution is 2.29. The first-order valence-corrected chi connectivity index (χ1v) is 14.9.